The zero-order valence-electron chi connectivity index (χ0n) is 16.2. The fraction of sp³-hybridized carbons (Fsp3) is 0.800. The molecular weight excluding hydrogens is 304 g/mol. The van der Waals surface area contributed by atoms with Gasteiger partial charge in [-0.15, -0.1) is 0 Å². The summed E-state index contributed by atoms with van der Waals surface area (Å²) in [7, 11) is 0. The summed E-state index contributed by atoms with van der Waals surface area (Å²) in [5.74, 6) is -0.271. The predicted octanol–water partition coefficient (Wildman–Crippen LogP) is 3.77. The molecule has 138 valence electrons. The molecule has 1 saturated heterocycles. The standard InChI is InChI=1S/C20H34O4/c1-8-12(3)17(21)15(6)18(22)13(4)9-11(2)10-14(5)19-16(7)20(23)24-19/h9,12-17,19,21H,8,10H2,1-7H3/b11-9+/t12-,13+,14-,15-,16+,17-,19-/m1/s1. The van der Waals surface area contributed by atoms with Crippen molar-refractivity contribution in [2.24, 2.45) is 29.6 Å². The number of cyclic esters (lactones) is 1. The van der Waals surface area contributed by atoms with E-state index in [1.165, 1.54) is 0 Å². The smallest absolute Gasteiger partial charge is 0.312 e. The van der Waals surface area contributed by atoms with E-state index in [9.17, 15) is 14.7 Å². The van der Waals surface area contributed by atoms with Crippen LogP contribution < -0.4 is 0 Å². The van der Waals surface area contributed by atoms with Gasteiger partial charge in [-0.1, -0.05) is 52.7 Å². The van der Waals surface area contributed by atoms with E-state index in [2.05, 4.69) is 6.92 Å². The lowest BCUT2D eigenvalue weighted by molar-refractivity contribution is -0.188. The Morgan fingerprint density at radius 1 is 1.29 bits per heavy atom. The summed E-state index contributed by atoms with van der Waals surface area (Å²) >= 11 is 0. The van der Waals surface area contributed by atoms with Crippen molar-refractivity contribution in [2.45, 2.75) is 73.5 Å². The van der Waals surface area contributed by atoms with Crippen LogP contribution in [-0.2, 0) is 14.3 Å². The molecule has 1 aliphatic heterocycles. The Kier molecular flexibility index (Phi) is 7.65. The fourth-order valence-corrected chi connectivity index (χ4v) is 3.53. The van der Waals surface area contributed by atoms with Crippen LogP contribution in [0.4, 0.5) is 0 Å². The van der Waals surface area contributed by atoms with Crippen LogP contribution in [0.15, 0.2) is 11.6 Å². The highest BCUT2D eigenvalue weighted by molar-refractivity contribution is 5.85. The van der Waals surface area contributed by atoms with Gasteiger partial charge in [-0.05, 0) is 32.1 Å². The fourth-order valence-electron chi connectivity index (χ4n) is 3.53. The first-order valence-corrected chi connectivity index (χ1v) is 9.19. The number of ether oxygens (including phenoxy) is 1. The topological polar surface area (TPSA) is 63.6 Å². The van der Waals surface area contributed by atoms with Gasteiger partial charge in [-0.25, -0.2) is 0 Å². The molecule has 0 aromatic carbocycles. The van der Waals surface area contributed by atoms with Crippen LogP contribution in [0.25, 0.3) is 0 Å². The van der Waals surface area contributed by atoms with Gasteiger partial charge in [0.1, 0.15) is 11.9 Å². The van der Waals surface area contributed by atoms with Crippen LogP contribution in [-0.4, -0.2) is 29.1 Å². The monoisotopic (exact) mass is 338 g/mol. The van der Waals surface area contributed by atoms with E-state index in [1.807, 2.05) is 47.6 Å². The molecule has 4 heteroatoms. The Balaban J connectivity index is 2.60. The molecule has 0 aliphatic carbocycles. The number of aliphatic hydroxyl groups excluding tert-OH is 1. The highest BCUT2D eigenvalue weighted by Crippen LogP contribution is 2.32. The minimum absolute atomic E-state index is 0.0157. The van der Waals surface area contributed by atoms with Gasteiger partial charge >= 0.3 is 5.97 Å². The van der Waals surface area contributed by atoms with Crippen LogP contribution in [0.2, 0.25) is 0 Å². The third-order valence-electron chi connectivity index (χ3n) is 5.49. The van der Waals surface area contributed by atoms with Gasteiger partial charge in [-0.3, -0.25) is 9.59 Å². The van der Waals surface area contributed by atoms with Crippen molar-refractivity contribution in [1.82, 2.24) is 0 Å². The van der Waals surface area contributed by atoms with Crippen molar-refractivity contribution < 1.29 is 19.4 Å². The van der Waals surface area contributed by atoms with Gasteiger partial charge in [0.15, 0.2) is 0 Å². The normalized spacial score (nSPS) is 27.5. The summed E-state index contributed by atoms with van der Waals surface area (Å²) in [5, 5.41) is 10.3. The molecule has 0 aromatic rings. The van der Waals surface area contributed by atoms with E-state index in [0.29, 0.717) is 0 Å². The summed E-state index contributed by atoms with van der Waals surface area (Å²) in [6.45, 7) is 13.7. The molecule has 0 unspecified atom stereocenters. The number of Topliss-reactive ketones (excluding diaryl/α,β-unsaturated/α-hetero) is 1. The van der Waals surface area contributed by atoms with Crippen molar-refractivity contribution in [2.75, 3.05) is 0 Å². The van der Waals surface area contributed by atoms with Crippen molar-refractivity contribution in [3.8, 4) is 0 Å². The molecule has 1 fully saturated rings. The molecule has 4 nitrogen and oxygen atoms in total. The molecule has 1 rings (SSSR count). The van der Waals surface area contributed by atoms with Crippen LogP contribution in [0.1, 0.15) is 61.3 Å². The number of carbonyl (C=O) groups is 2. The second-order valence-corrected chi connectivity index (χ2v) is 7.74. The molecule has 0 saturated carbocycles. The van der Waals surface area contributed by atoms with Crippen molar-refractivity contribution in [3.63, 3.8) is 0 Å². The highest BCUT2D eigenvalue weighted by atomic mass is 16.6. The van der Waals surface area contributed by atoms with Gasteiger partial charge < -0.3 is 9.84 Å². The maximum Gasteiger partial charge on any atom is 0.312 e. The first-order valence-electron chi connectivity index (χ1n) is 9.19. The lowest BCUT2D eigenvalue weighted by Crippen LogP contribution is -2.47. The Hall–Kier alpha value is -1.16. The predicted molar refractivity (Wildman–Crippen MR) is 95.4 cm³/mol. The largest absolute Gasteiger partial charge is 0.461 e. The van der Waals surface area contributed by atoms with Gasteiger partial charge in [0.05, 0.1) is 12.0 Å². The Morgan fingerprint density at radius 3 is 2.33 bits per heavy atom. The van der Waals surface area contributed by atoms with Gasteiger partial charge in [0.25, 0.3) is 0 Å². The van der Waals surface area contributed by atoms with Crippen molar-refractivity contribution in [1.29, 1.82) is 0 Å². The number of aliphatic hydroxyl groups is 1. The van der Waals surface area contributed by atoms with Crippen LogP contribution in [0.3, 0.4) is 0 Å². The average Bonchev–Trinajstić information content (AvgIpc) is 2.55. The van der Waals surface area contributed by atoms with E-state index >= 15 is 0 Å². The highest BCUT2D eigenvalue weighted by Gasteiger charge is 2.41. The van der Waals surface area contributed by atoms with Crippen LogP contribution in [0.5, 0.6) is 0 Å². The van der Waals surface area contributed by atoms with E-state index in [-0.39, 0.29) is 47.4 Å². The zero-order chi connectivity index (χ0) is 18.6. The number of hydrogen-bond acceptors (Lipinski definition) is 4. The lowest BCUT2D eigenvalue weighted by Gasteiger charge is -2.37. The number of rotatable bonds is 9. The summed E-state index contributed by atoms with van der Waals surface area (Å²) in [6, 6.07) is 0. The van der Waals surface area contributed by atoms with Crippen LogP contribution >= 0.6 is 0 Å². The maximum absolute atomic E-state index is 12.5. The van der Waals surface area contributed by atoms with Crippen LogP contribution in [0, 0.1) is 29.6 Å². The van der Waals surface area contributed by atoms with E-state index in [4.69, 9.17) is 4.74 Å². The molecule has 1 heterocycles. The van der Waals surface area contributed by atoms with Crippen molar-refractivity contribution in [3.05, 3.63) is 11.6 Å². The Morgan fingerprint density at radius 2 is 1.88 bits per heavy atom. The minimum atomic E-state index is -0.590. The molecule has 24 heavy (non-hydrogen) atoms. The third kappa shape index (κ3) is 4.92. The summed E-state index contributed by atoms with van der Waals surface area (Å²) in [4.78, 5) is 23.8. The molecule has 7 atom stereocenters. The number of carbonyl (C=O) groups excluding carboxylic acids is 2. The number of ketones is 1. The maximum atomic E-state index is 12.5. The Labute approximate surface area is 146 Å². The molecule has 0 aromatic heterocycles. The first-order chi connectivity index (χ1) is 11.1. The minimum Gasteiger partial charge on any atom is -0.461 e. The molecule has 1 N–H and O–H groups in total. The van der Waals surface area contributed by atoms with E-state index < -0.39 is 6.10 Å². The zero-order valence-corrected chi connectivity index (χ0v) is 16.2. The number of allylic oxidation sites excluding steroid dienone is 2. The van der Waals surface area contributed by atoms with Gasteiger partial charge in [-0.2, -0.15) is 0 Å². The number of esters is 1. The van der Waals surface area contributed by atoms with E-state index in [1.54, 1.807) is 0 Å². The van der Waals surface area contributed by atoms with Gasteiger partial charge in [0, 0.05) is 11.8 Å². The molecule has 0 spiro atoms. The second kappa shape index (κ2) is 8.80. The van der Waals surface area contributed by atoms with E-state index in [0.717, 1.165) is 18.4 Å². The number of hydrogen-bond donors (Lipinski definition) is 1. The Bertz CT molecular complexity index is 482. The first kappa shape index (κ1) is 20.9. The van der Waals surface area contributed by atoms with Crippen molar-refractivity contribution >= 4 is 11.8 Å². The van der Waals surface area contributed by atoms with Gasteiger partial charge in [0.2, 0.25) is 0 Å². The summed E-state index contributed by atoms with van der Waals surface area (Å²) in [6.07, 6.45) is 3.05. The SMILES string of the molecule is CC[C@@H](C)[C@@H](O)[C@@H](C)C(=O)[C@@H](C)/C=C(\C)C[C@@H](C)[C@H]1OC(=O)[C@H]1C. The summed E-state index contributed by atoms with van der Waals surface area (Å²) in [5.41, 5.74) is 1.13. The quantitative estimate of drug-likeness (QED) is 0.513. The third-order valence-corrected chi connectivity index (χ3v) is 5.49. The summed E-state index contributed by atoms with van der Waals surface area (Å²) < 4.78 is 5.21. The molecular formula is C20H34O4. The molecule has 1 aliphatic rings. The second-order valence-electron chi connectivity index (χ2n) is 7.74. The average molecular weight is 338 g/mol. The molecule has 0 amide bonds. The molecule has 0 radical (unpaired) electrons. The molecule has 0 bridgehead atoms. The lowest BCUT2D eigenvalue weighted by atomic mass is 9.82.